The molecule has 0 spiro atoms. The van der Waals surface area contributed by atoms with Crippen LogP contribution in [0.5, 0.6) is 0 Å². The van der Waals surface area contributed by atoms with E-state index in [9.17, 15) is 14.0 Å². The Kier molecular flexibility index (Phi) is 5.18. The summed E-state index contributed by atoms with van der Waals surface area (Å²) < 4.78 is 14.5. The van der Waals surface area contributed by atoms with E-state index in [-0.39, 0.29) is 11.5 Å². The smallest absolute Gasteiger partial charge is 0.258 e. The van der Waals surface area contributed by atoms with E-state index in [0.29, 0.717) is 21.3 Å². The molecule has 1 saturated heterocycles. The summed E-state index contributed by atoms with van der Waals surface area (Å²) in [6.07, 6.45) is 2.03. The molecule has 1 aliphatic heterocycles. The summed E-state index contributed by atoms with van der Waals surface area (Å²) in [6.45, 7) is 3.31. The normalized spacial score (nSPS) is 13.8. The predicted molar refractivity (Wildman–Crippen MR) is 98.4 cm³/mol. The van der Waals surface area contributed by atoms with Gasteiger partial charge in [-0.1, -0.05) is 22.0 Å². The van der Waals surface area contributed by atoms with Gasteiger partial charge in [-0.3, -0.25) is 9.59 Å². The molecule has 0 saturated carbocycles. The Morgan fingerprint density at radius 1 is 1.12 bits per heavy atom. The van der Waals surface area contributed by atoms with Crippen molar-refractivity contribution in [3.05, 3.63) is 63.4 Å². The third-order valence-electron chi connectivity index (χ3n) is 4.38. The Balaban J connectivity index is 1.85. The van der Waals surface area contributed by atoms with Gasteiger partial charge in [-0.05, 0) is 55.7 Å². The molecule has 6 heteroatoms. The average molecular weight is 405 g/mol. The van der Waals surface area contributed by atoms with Crippen LogP contribution in [-0.2, 0) is 0 Å². The summed E-state index contributed by atoms with van der Waals surface area (Å²) in [4.78, 5) is 26.9. The number of halogens is 2. The van der Waals surface area contributed by atoms with Crippen molar-refractivity contribution in [2.75, 3.05) is 18.4 Å². The zero-order valence-corrected chi connectivity index (χ0v) is 15.4. The Morgan fingerprint density at radius 3 is 2.56 bits per heavy atom. The maximum Gasteiger partial charge on any atom is 0.258 e. The molecule has 3 rings (SSSR count). The predicted octanol–water partition coefficient (Wildman–Crippen LogP) is 4.38. The van der Waals surface area contributed by atoms with Gasteiger partial charge in [0.25, 0.3) is 11.8 Å². The first-order valence-corrected chi connectivity index (χ1v) is 8.92. The Hall–Kier alpha value is -2.21. The van der Waals surface area contributed by atoms with Gasteiger partial charge >= 0.3 is 0 Å². The molecule has 2 aromatic rings. The molecule has 0 bridgehead atoms. The second-order valence-electron chi connectivity index (χ2n) is 6.06. The number of carbonyl (C=O) groups excluding carboxylic acids is 2. The van der Waals surface area contributed by atoms with Gasteiger partial charge in [0, 0.05) is 28.8 Å². The molecule has 2 amide bonds. The van der Waals surface area contributed by atoms with Crippen LogP contribution in [0.1, 0.15) is 39.1 Å². The molecule has 0 radical (unpaired) electrons. The molecule has 1 fully saturated rings. The van der Waals surface area contributed by atoms with Gasteiger partial charge in [-0.2, -0.15) is 0 Å². The molecule has 0 unspecified atom stereocenters. The molecular formula is C19H18BrFN2O2. The van der Waals surface area contributed by atoms with Gasteiger partial charge in [0.05, 0.1) is 5.56 Å². The third kappa shape index (κ3) is 3.74. The quantitative estimate of drug-likeness (QED) is 0.824. The number of nitrogens with zero attached hydrogens (tertiary/aromatic N) is 1. The standard InChI is InChI=1S/C19H18BrFN2O2/c1-12-14(19(25)23-9-2-3-10-23)5-4-6-17(12)22-18(24)15-11-13(20)7-8-16(15)21/h4-8,11H,2-3,9-10H2,1H3,(H,22,24). The summed E-state index contributed by atoms with van der Waals surface area (Å²) in [7, 11) is 0. The number of hydrogen-bond acceptors (Lipinski definition) is 2. The first-order chi connectivity index (χ1) is 12.0. The molecule has 0 atom stereocenters. The lowest BCUT2D eigenvalue weighted by molar-refractivity contribution is 0.0791. The van der Waals surface area contributed by atoms with Crippen LogP contribution in [0, 0.1) is 12.7 Å². The van der Waals surface area contributed by atoms with E-state index in [1.54, 1.807) is 25.1 Å². The topological polar surface area (TPSA) is 49.4 Å². The highest BCUT2D eigenvalue weighted by Crippen LogP contribution is 2.24. The minimum atomic E-state index is -0.595. The number of likely N-dealkylation sites (tertiary alicyclic amines) is 1. The fourth-order valence-corrected chi connectivity index (χ4v) is 3.32. The maximum absolute atomic E-state index is 13.9. The van der Waals surface area contributed by atoms with Gasteiger partial charge in [-0.25, -0.2) is 4.39 Å². The molecule has 25 heavy (non-hydrogen) atoms. The molecule has 1 N–H and O–H groups in total. The van der Waals surface area contributed by atoms with Crippen molar-refractivity contribution in [2.24, 2.45) is 0 Å². The van der Waals surface area contributed by atoms with Crippen LogP contribution < -0.4 is 5.32 Å². The number of carbonyl (C=O) groups is 2. The van der Waals surface area contributed by atoms with Crippen LogP contribution >= 0.6 is 15.9 Å². The van der Waals surface area contributed by atoms with Crippen LogP contribution in [0.4, 0.5) is 10.1 Å². The fourth-order valence-electron chi connectivity index (χ4n) is 2.95. The van der Waals surface area contributed by atoms with E-state index in [1.165, 1.54) is 18.2 Å². The summed E-state index contributed by atoms with van der Waals surface area (Å²) in [5.74, 6) is -1.17. The number of rotatable bonds is 3. The Morgan fingerprint density at radius 2 is 1.84 bits per heavy atom. The zero-order valence-electron chi connectivity index (χ0n) is 13.8. The van der Waals surface area contributed by atoms with E-state index in [2.05, 4.69) is 21.2 Å². The Labute approximate surface area is 154 Å². The number of nitrogens with one attached hydrogen (secondary N) is 1. The lowest BCUT2D eigenvalue weighted by atomic mass is 10.0. The van der Waals surface area contributed by atoms with Gasteiger partial charge in [0.15, 0.2) is 0 Å². The summed E-state index contributed by atoms with van der Waals surface area (Å²) in [5, 5.41) is 2.71. The second-order valence-corrected chi connectivity index (χ2v) is 6.97. The van der Waals surface area contributed by atoms with Gasteiger partial charge < -0.3 is 10.2 Å². The van der Waals surface area contributed by atoms with Crippen molar-refractivity contribution in [3.8, 4) is 0 Å². The second kappa shape index (κ2) is 7.35. The van der Waals surface area contributed by atoms with E-state index >= 15 is 0 Å². The van der Waals surface area contributed by atoms with Crippen LogP contribution in [0.2, 0.25) is 0 Å². The Bertz CT molecular complexity index is 832. The summed E-state index contributed by atoms with van der Waals surface area (Å²) in [6, 6.07) is 9.39. The van der Waals surface area contributed by atoms with Crippen molar-refractivity contribution in [1.82, 2.24) is 4.90 Å². The molecule has 1 aliphatic rings. The third-order valence-corrected chi connectivity index (χ3v) is 4.87. The molecule has 2 aromatic carbocycles. The van der Waals surface area contributed by atoms with Crippen molar-refractivity contribution >= 4 is 33.4 Å². The fraction of sp³-hybridized carbons (Fsp3) is 0.263. The molecule has 4 nitrogen and oxygen atoms in total. The highest BCUT2D eigenvalue weighted by Gasteiger charge is 2.22. The largest absolute Gasteiger partial charge is 0.339 e. The highest BCUT2D eigenvalue weighted by atomic mass is 79.9. The van der Waals surface area contributed by atoms with E-state index in [4.69, 9.17) is 0 Å². The lowest BCUT2D eigenvalue weighted by Crippen LogP contribution is -2.28. The molecular weight excluding hydrogens is 387 g/mol. The van der Waals surface area contributed by atoms with Crippen molar-refractivity contribution < 1.29 is 14.0 Å². The van der Waals surface area contributed by atoms with Gasteiger partial charge in [0.1, 0.15) is 5.82 Å². The molecule has 1 heterocycles. The van der Waals surface area contributed by atoms with Crippen molar-refractivity contribution in [1.29, 1.82) is 0 Å². The van der Waals surface area contributed by atoms with Crippen LogP contribution in [-0.4, -0.2) is 29.8 Å². The van der Waals surface area contributed by atoms with Crippen LogP contribution in [0.15, 0.2) is 40.9 Å². The monoisotopic (exact) mass is 404 g/mol. The van der Waals surface area contributed by atoms with Gasteiger partial charge in [0.2, 0.25) is 0 Å². The number of benzene rings is 2. The summed E-state index contributed by atoms with van der Waals surface area (Å²) >= 11 is 3.24. The SMILES string of the molecule is Cc1c(NC(=O)c2cc(Br)ccc2F)cccc1C(=O)N1CCCC1. The maximum atomic E-state index is 13.9. The van der Waals surface area contributed by atoms with Crippen molar-refractivity contribution in [2.45, 2.75) is 19.8 Å². The van der Waals surface area contributed by atoms with Gasteiger partial charge in [-0.15, -0.1) is 0 Å². The highest BCUT2D eigenvalue weighted by molar-refractivity contribution is 9.10. The van der Waals surface area contributed by atoms with E-state index < -0.39 is 11.7 Å². The van der Waals surface area contributed by atoms with Crippen LogP contribution in [0.3, 0.4) is 0 Å². The van der Waals surface area contributed by atoms with Crippen LogP contribution in [0.25, 0.3) is 0 Å². The number of hydrogen-bond donors (Lipinski definition) is 1. The zero-order chi connectivity index (χ0) is 18.0. The first-order valence-electron chi connectivity index (χ1n) is 8.12. The van der Waals surface area contributed by atoms with Crippen molar-refractivity contribution in [3.63, 3.8) is 0 Å². The van der Waals surface area contributed by atoms with E-state index in [0.717, 1.165) is 25.9 Å². The first kappa shape index (κ1) is 17.6. The average Bonchev–Trinajstić information content (AvgIpc) is 3.13. The minimum absolute atomic E-state index is 0.0280. The molecule has 0 aromatic heterocycles. The molecule has 0 aliphatic carbocycles. The lowest BCUT2D eigenvalue weighted by Gasteiger charge is -2.18. The van der Waals surface area contributed by atoms with E-state index in [1.807, 2.05) is 4.90 Å². The summed E-state index contributed by atoms with van der Waals surface area (Å²) in [5.41, 5.74) is 1.71. The number of anilines is 1. The molecule has 130 valence electrons. The number of amides is 2. The minimum Gasteiger partial charge on any atom is -0.339 e.